The second kappa shape index (κ2) is 16.2. The molecule has 220 valence electrons. The molecule has 2 aromatic rings. The standard InChI is InChI=1S/C23H28Cl3N5O7S2/c1-11(36-13(3)33)20(9-35-12(2)32)38-23(40-15-5-16(24)21(26)17(25)6-15)19(37-14(4)34)8-31(28)7-18(27)22-30-29-10-39-22/h5-7,10-11,19-20,23H,8-9,27-28H2,1-4H3/b18-7-. The van der Waals surface area contributed by atoms with Crippen LogP contribution in [0.15, 0.2) is 28.7 Å². The Labute approximate surface area is 254 Å². The van der Waals surface area contributed by atoms with E-state index in [4.69, 9.17) is 65.3 Å². The van der Waals surface area contributed by atoms with E-state index >= 15 is 0 Å². The summed E-state index contributed by atoms with van der Waals surface area (Å²) in [6.45, 7) is 4.84. The van der Waals surface area contributed by atoms with Crippen LogP contribution >= 0.6 is 57.9 Å². The van der Waals surface area contributed by atoms with E-state index in [0.29, 0.717) is 9.90 Å². The van der Waals surface area contributed by atoms with Gasteiger partial charge in [0.25, 0.3) is 0 Å². The van der Waals surface area contributed by atoms with Crippen molar-refractivity contribution in [3.63, 3.8) is 0 Å². The van der Waals surface area contributed by atoms with Crippen molar-refractivity contribution >= 4 is 81.5 Å². The van der Waals surface area contributed by atoms with E-state index in [9.17, 15) is 14.4 Å². The number of carbonyl (C=O) groups is 3. The maximum Gasteiger partial charge on any atom is 0.303 e. The van der Waals surface area contributed by atoms with Gasteiger partial charge in [0.05, 0.1) is 27.3 Å². The number of nitrogens with zero attached hydrogens (tertiary/aromatic N) is 3. The second-order valence-electron chi connectivity index (χ2n) is 8.15. The highest BCUT2D eigenvalue weighted by atomic mass is 35.5. The number of esters is 3. The van der Waals surface area contributed by atoms with Gasteiger partial charge in [-0.25, -0.2) is 5.84 Å². The Morgan fingerprint density at radius 2 is 1.70 bits per heavy atom. The first kappa shape index (κ1) is 33.9. The topological polar surface area (TPSA) is 169 Å². The van der Waals surface area contributed by atoms with E-state index in [-0.39, 0.29) is 33.9 Å². The summed E-state index contributed by atoms with van der Waals surface area (Å²) in [5, 5.41) is 9.77. The summed E-state index contributed by atoms with van der Waals surface area (Å²) < 4.78 is 22.3. The predicted octanol–water partition coefficient (Wildman–Crippen LogP) is 3.88. The largest absolute Gasteiger partial charge is 0.463 e. The molecule has 1 aromatic heterocycles. The molecule has 1 heterocycles. The Hall–Kier alpha value is -2.33. The van der Waals surface area contributed by atoms with Gasteiger partial charge in [-0.3, -0.25) is 14.4 Å². The van der Waals surface area contributed by atoms with Crippen LogP contribution in [0.4, 0.5) is 0 Å². The van der Waals surface area contributed by atoms with Gasteiger partial charge in [-0.05, 0) is 19.1 Å². The highest BCUT2D eigenvalue weighted by Crippen LogP contribution is 2.38. The molecule has 0 aliphatic rings. The number of thioether (sulfide) groups is 1. The van der Waals surface area contributed by atoms with Crippen LogP contribution in [0.3, 0.4) is 0 Å². The number of nitrogens with two attached hydrogens (primary N) is 2. The Morgan fingerprint density at radius 3 is 2.23 bits per heavy atom. The van der Waals surface area contributed by atoms with Gasteiger partial charge in [0.15, 0.2) is 11.1 Å². The van der Waals surface area contributed by atoms with Gasteiger partial charge in [0.2, 0.25) is 0 Å². The molecule has 0 spiro atoms. The van der Waals surface area contributed by atoms with Gasteiger partial charge >= 0.3 is 17.9 Å². The van der Waals surface area contributed by atoms with Crippen LogP contribution in [0.1, 0.15) is 32.7 Å². The Morgan fingerprint density at radius 1 is 1.07 bits per heavy atom. The Bertz CT molecular complexity index is 1180. The zero-order valence-corrected chi connectivity index (χ0v) is 25.7. The molecule has 4 atom stereocenters. The lowest BCUT2D eigenvalue weighted by Gasteiger charge is -2.33. The lowest BCUT2D eigenvalue weighted by Crippen LogP contribution is -2.46. The van der Waals surface area contributed by atoms with Crippen molar-refractivity contribution in [2.45, 2.75) is 56.3 Å². The van der Waals surface area contributed by atoms with Crippen molar-refractivity contribution < 1.29 is 33.3 Å². The number of aromatic nitrogens is 2. The molecule has 0 radical (unpaired) electrons. The first-order chi connectivity index (χ1) is 18.8. The molecule has 4 N–H and O–H groups in total. The van der Waals surface area contributed by atoms with E-state index in [0.717, 1.165) is 11.8 Å². The van der Waals surface area contributed by atoms with Gasteiger partial charge in [0.1, 0.15) is 29.8 Å². The van der Waals surface area contributed by atoms with Crippen LogP contribution in [0.5, 0.6) is 0 Å². The van der Waals surface area contributed by atoms with E-state index in [1.165, 1.54) is 48.8 Å². The molecule has 4 unspecified atom stereocenters. The molecule has 0 fully saturated rings. The number of hydrogen-bond donors (Lipinski definition) is 2. The molecular weight excluding hydrogens is 629 g/mol. The van der Waals surface area contributed by atoms with E-state index < -0.39 is 41.7 Å². The molecule has 0 amide bonds. The first-order valence-corrected chi connectivity index (χ1v) is 14.4. The van der Waals surface area contributed by atoms with Crippen LogP contribution < -0.4 is 11.6 Å². The number of halogens is 3. The fraction of sp³-hybridized carbons (Fsp3) is 0.435. The first-order valence-electron chi connectivity index (χ1n) is 11.5. The van der Waals surface area contributed by atoms with Gasteiger partial charge in [-0.15, -0.1) is 10.2 Å². The van der Waals surface area contributed by atoms with E-state index in [2.05, 4.69) is 10.2 Å². The number of hydrazine groups is 1. The van der Waals surface area contributed by atoms with Gasteiger partial charge in [0, 0.05) is 31.9 Å². The maximum absolute atomic E-state index is 12.1. The average Bonchev–Trinajstić information content (AvgIpc) is 3.38. The van der Waals surface area contributed by atoms with Gasteiger partial charge < -0.3 is 29.7 Å². The maximum atomic E-state index is 12.1. The van der Waals surface area contributed by atoms with E-state index in [1.54, 1.807) is 19.1 Å². The summed E-state index contributed by atoms with van der Waals surface area (Å²) in [7, 11) is 0. The van der Waals surface area contributed by atoms with Crippen LogP contribution in [0.2, 0.25) is 15.1 Å². The van der Waals surface area contributed by atoms with Crippen molar-refractivity contribution in [2.75, 3.05) is 13.2 Å². The highest BCUT2D eigenvalue weighted by Gasteiger charge is 2.34. The zero-order chi connectivity index (χ0) is 30.0. The molecule has 0 saturated heterocycles. The van der Waals surface area contributed by atoms with Crippen LogP contribution in [-0.4, -0.2) is 70.0 Å². The molecule has 2 rings (SSSR count). The molecule has 0 aliphatic heterocycles. The molecule has 12 nitrogen and oxygen atoms in total. The smallest absolute Gasteiger partial charge is 0.303 e. The van der Waals surface area contributed by atoms with Gasteiger partial charge in [-0.2, -0.15) is 0 Å². The number of rotatable bonds is 14. The summed E-state index contributed by atoms with van der Waals surface area (Å²) in [5.41, 5.74) is 6.77. The molecule has 0 aliphatic carbocycles. The summed E-state index contributed by atoms with van der Waals surface area (Å²) in [6.07, 6.45) is -1.50. The molecule has 0 saturated carbocycles. The van der Waals surface area contributed by atoms with Crippen LogP contribution in [-0.2, 0) is 33.3 Å². The summed E-state index contributed by atoms with van der Waals surface area (Å²) >= 11 is 20.8. The fourth-order valence-corrected chi connectivity index (χ4v) is 5.44. The normalized spacial score (nSPS) is 14.6. The summed E-state index contributed by atoms with van der Waals surface area (Å²) in [4.78, 5) is 35.8. The SMILES string of the molecule is CC(=O)OCC(OC(Sc1cc(Cl)c(Cl)c(Cl)c1)C(CN(N)/C=C(\N)c1nncs1)OC(C)=O)C(C)OC(C)=O. The molecule has 0 bridgehead atoms. The fourth-order valence-electron chi connectivity index (χ4n) is 3.11. The minimum absolute atomic E-state index is 0.117. The Balaban J connectivity index is 2.47. The summed E-state index contributed by atoms with van der Waals surface area (Å²) in [6, 6.07) is 3.09. The molecule has 17 heteroatoms. The number of benzene rings is 1. The molecular formula is C23H28Cl3N5O7S2. The molecule has 1 aromatic carbocycles. The minimum atomic E-state index is -1.05. The van der Waals surface area contributed by atoms with Crippen LogP contribution in [0.25, 0.3) is 5.70 Å². The third-order valence-electron chi connectivity index (χ3n) is 4.77. The lowest BCUT2D eigenvalue weighted by molar-refractivity contribution is -0.170. The zero-order valence-electron chi connectivity index (χ0n) is 21.8. The second-order valence-corrected chi connectivity index (χ2v) is 11.3. The third-order valence-corrected chi connectivity index (χ3v) is 7.86. The average molecular weight is 657 g/mol. The summed E-state index contributed by atoms with van der Waals surface area (Å²) in [5.74, 6) is 4.40. The Kier molecular flexibility index (Phi) is 13.7. The van der Waals surface area contributed by atoms with Crippen LogP contribution in [0, 0.1) is 0 Å². The van der Waals surface area contributed by atoms with Crippen molar-refractivity contribution in [3.8, 4) is 0 Å². The number of carbonyl (C=O) groups excluding carboxylic acids is 3. The minimum Gasteiger partial charge on any atom is -0.463 e. The highest BCUT2D eigenvalue weighted by molar-refractivity contribution is 7.99. The number of ether oxygens (including phenoxy) is 4. The van der Waals surface area contributed by atoms with E-state index in [1.807, 2.05) is 0 Å². The van der Waals surface area contributed by atoms with Crippen molar-refractivity contribution in [2.24, 2.45) is 11.6 Å². The predicted molar refractivity (Wildman–Crippen MR) is 152 cm³/mol. The lowest BCUT2D eigenvalue weighted by atomic mass is 10.2. The van der Waals surface area contributed by atoms with Gasteiger partial charge in [-0.1, -0.05) is 57.9 Å². The van der Waals surface area contributed by atoms with Crippen molar-refractivity contribution in [3.05, 3.63) is 43.9 Å². The number of hydrogen-bond acceptors (Lipinski definition) is 14. The quantitative estimate of drug-likeness (QED) is 0.0572. The monoisotopic (exact) mass is 655 g/mol. The molecule has 40 heavy (non-hydrogen) atoms. The van der Waals surface area contributed by atoms with Crippen molar-refractivity contribution in [1.29, 1.82) is 0 Å². The third kappa shape index (κ3) is 11.3. The van der Waals surface area contributed by atoms with Crippen molar-refractivity contribution in [1.82, 2.24) is 15.2 Å².